The van der Waals surface area contributed by atoms with Gasteiger partial charge in [0.2, 0.25) is 11.6 Å². The first kappa shape index (κ1) is 16.7. The number of carbonyl (C=O) groups excluding carboxylic acids is 1. The summed E-state index contributed by atoms with van der Waals surface area (Å²) in [6, 6.07) is 3.50. The highest BCUT2D eigenvalue weighted by molar-refractivity contribution is 6.11. The smallest absolute Gasteiger partial charge is 0.202 e. The molecule has 2 rings (SSSR count). The molecular weight excluding hydrogens is 321 g/mol. The molecule has 2 aromatic carbocycles. The van der Waals surface area contributed by atoms with Crippen molar-refractivity contribution in [2.75, 3.05) is 19.0 Å². The molecule has 1 N–H and O–H groups in total. The van der Waals surface area contributed by atoms with E-state index in [1.807, 2.05) is 0 Å². The molecule has 23 heavy (non-hydrogen) atoms. The average molecular weight is 331 g/mol. The summed E-state index contributed by atoms with van der Waals surface area (Å²) < 4.78 is 66.6. The van der Waals surface area contributed by atoms with Crippen molar-refractivity contribution in [2.45, 2.75) is 0 Å². The van der Waals surface area contributed by atoms with E-state index in [4.69, 9.17) is 0 Å². The molecule has 0 radical (unpaired) electrons. The van der Waals surface area contributed by atoms with E-state index < -0.39 is 51.7 Å². The lowest BCUT2D eigenvalue weighted by molar-refractivity contribution is 0.102. The van der Waals surface area contributed by atoms with Gasteiger partial charge in [0, 0.05) is 25.8 Å². The second kappa shape index (κ2) is 5.86. The molecule has 3 nitrogen and oxygen atoms in total. The number of aromatic hydroxyl groups is 1. The van der Waals surface area contributed by atoms with Crippen LogP contribution in [0.4, 0.5) is 27.6 Å². The zero-order valence-electron chi connectivity index (χ0n) is 11.9. The molecule has 0 saturated heterocycles. The predicted molar refractivity (Wildman–Crippen MR) is 72.1 cm³/mol. The number of phenolic OH excluding ortho intramolecular Hbond substituents is 1. The number of hydrogen-bond acceptors (Lipinski definition) is 3. The summed E-state index contributed by atoms with van der Waals surface area (Å²) in [5, 5.41) is 9.79. The van der Waals surface area contributed by atoms with Gasteiger partial charge in [-0.2, -0.15) is 0 Å². The number of phenols is 1. The monoisotopic (exact) mass is 331 g/mol. The third-order valence-corrected chi connectivity index (χ3v) is 3.18. The van der Waals surface area contributed by atoms with Gasteiger partial charge in [-0.15, -0.1) is 0 Å². The highest BCUT2D eigenvalue weighted by Gasteiger charge is 2.31. The maximum absolute atomic E-state index is 13.6. The Morgan fingerprint density at radius 3 is 1.83 bits per heavy atom. The first-order valence-electron chi connectivity index (χ1n) is 6.23. The summed E-state index contributed by atoms with van der Waals surface area (Å²) in [6.07, 6.45) is 0. The van der Waals surface area contributed by atoms with Crippen molar-refractivity contribution in [1.29, 1.82) is 0 Å². The Morgan fingerprint density at radius 2 is 1.39 bits per heavy atom. The van der Waals surface area contributed by atoms with Crippen molar-refractivity contribution < 1.29 is 31.9 Å². The van der Waals surface area contributed by atoms with Crippen molar-refractivity contribution in [1.82, 2.24) is 0 Å². The van der Waals surface area contributed by atoms with Crippen LogP contribution < -0.4 is 4.90 Å². The van der Waals surface area contributed by atoms with Crippen LogP contribution in [0.5, 0.6) is 5.75 Å². The molecule has 0 spiro atoms. The Morgan fingerprint density at radius 1 is 0.913 bits per heavy atom. The molecule has 0 aliphatic rings. The molecule has 0 aromatic heterocycles. The molecule has 0 bridgehead atoms. The van der Waals surface area contributed by atoms with Gasteiger partial charge in [-0.05, 0) is 12.1 Å². The van der Waals surface area contributed by atoms with Gasteiger partial charge in [-0.1, -0.05) is 0 Å². The highest BCUT2D eigenvalue weighted by atomic mass is 19.2. The van der Waals surface area contributed by atoms with Crippen molar-refractivity contribution >= 4 is 11.5 Å². The number of anilines is 1. The molecule has 8 heteroatoms. The van der Waals surface area contributed by atoms with Crippen LogP contribution in [0.3, 0.4) is 0 Å². The quantitative estimate of drug-likeness (QED) is 0.406. The summed E-state index contributed by atoms with van der Waals surface area (Å²) in [4.78, 5) is 13.7. The largest absolute Gasteiger partial charge is 0.507 e. The topological polar surface area (TPSA) is 40.5 Å². The summed E-state index contributed by atoms with van der Waals surface area (Å²) in [5.41, 5.74) is -1.73. The molecule has 122 valence electrons. The summed E-state index contributed by atoms with van der Waals surface area (Å²) in [5.74, 6) is -13.5. The standard InChI is InChI=1S/C15H10F5NO2/c1-21(2)6-3-4-7(8(22)5-6)15(23)9-10(16)12(18)14(20)13(19)11(9)17/h3-5,22H,1-2H3. The van der Waals surface area contributed by atoms with Crippen LogP contribution in [0, 0.1) is 29.1 Å². The molecule has 0 aliphatic carbocycles. The fourth-order valence-electron chi connectivity index (χ4n) is 1.93. The lowest BCUT2D eigenvalue weighted by Crippen LogP contribution is -2.14. The molecular formula is C15H10F5NO2. The van der Waals surface area contributed by atoms with Gasteiger partial charge in [-0.3, -0.25) is 4.79 Å². The maximum atomic E-state index is 13.6. The Bertz CT molecular complexity index is 776. The maximum Gasteiger partial charge on any atom is 0.202 e. The van der Waals surface area contributed by atoms with Gasteiger partial charge in [0.25, 0.3) is 0 Å². The number of hydrogen-bond donors (Lipinski definition) is 1. The van der Waals surface area contributed by atoms with Crippen molar-refractivity contribution in [2.24, 2.45) is 0 Å². The van der Waals surface area contributed by atoms with E-state index in [0.717, 1.165) is 12.1 Å². The second-order valence-electron chi connectivity index (χ2n) is 4.87. The average Bonchev–Trinajstić information content (AvgIpc) is 2.50. The van der Waals surface area contributed by atoms with Crippen molar-refractivity contribution in [3.05, 3.63) is 58.4 Å². The van der Waals surface area contributed by atoms with Crippen LogP contribution in [0.2, 0.25) is 0 Å². The van der Waals surface area contributed by atoms with Crippen LogP contribution in [-0.4, -0.2) is 25.0 Å². The second-order valence-corrected chi connectivity index (χ2v) is 4.87. The van der Waals surface area contributed by atoms with Gasteiger partial charge in [0.05, 0.1) is 5.56 Å². The normalized spacial score (nSPS) is 10.7. The van der Waals surface area contributed by atoms with E-state index in [0.29, 0.717) is 5.69 Å². The van der Waals surface area contributed by atoms with Crippen LogP contribution >= 0.6 is 0 Å². The van der Waals surface area contributed by atoms with E-state index in [-0.39, 0.29) is 0 Å². The number of ketones is 1. The highest BCUT2D eigenvalue weighted by Crippen LogP contribution is 2.30. The Labute approximate surface area is 127 Å². The van der Waals surface area contributed by atoms with E-state index in [1.54, 1.807) is 19.0 Å². The lowest BCUT2D eigenvalue weighted by Gasteiger charge is -2.14. The first-order chi connectivity index (χ1) is 10.7. The Balaban J connectivity index is 2.63. The summed E-state index contributed by atoms with van der Waals surface area (Å²) in [7, 11) is 3.28. The summed E-state index contributed by atoms with van der Waals surface area (Å²) >= 11 is 0. The van der Waals surface area contributed by atoms with Crippen molar-refractivity contribution in [3.8, 4) is 5.75 Å². The fourth-order valence-corrected chi connectivity index (χ4v) is 1.93. The molecule has 0 fully saturated rings. The minimum Gasteiger partial charge on any atom is -0.507 e. The van der Waals surface area contributed by atoms with Crippen molar-refractivity contribution in [3.63, 3.8) is 0 Å². The van der Waals surface area contributed by atoms with Gasteiger partial charge in [0.15, 0.2) is 23.3 Å². The number of benzene rings is 2. The first-order valence-corrected chi connectivity index (χ1v) is 6.23. The minimum absolute atomic E-state index is 0.469. The van der Waals surface area contributed by atoms with E-state index in [1.165, 1.54) is 6.07 Å². The summed E-state index contributed by atoms with van der Waals surface area (Å²) in [6.45, 7) is 0. The number of rotatable bonds is 3. The zero-order chi connectivity index (χ0) is 17.5. The Hall–Kier alpha value is -2.64. The fraction of sp³-hybridized carbons (Fsp3) is 0.133. The molecule has 0 saturated carbocycles. The van der Waals surface area contributed by atoms with Gasteiger partial charge >= 0.3 is 0 Å². The van der Waals surface area contributed by atoms with Crippen LogP contribution in [0.25, 0.3) is 0 Å². The predicted octanol–water partition coefficient (Wildman–Crippen LogP) is 3.38. The van der Waals surface area contributed by atoms with E-state index in [9.17, 15) is 31.9 Å². The molecule has 0 heterocycles. The molecule has 0 atom stereocenters. The van der Waals surface area contributed by atoms with Crippen LogP contribution in [-0.2, 0) is 0 Å². The molecule has 0 amide bonds. The minimum atomic E-state index is -2.36. The third kappa shape index (κ3) is 2.71. The SMILES string of the molecule is CN(C)c1ccc(C(=O)c2c(F)c(F)c(F)c(F)c2F)c(O)c1. The van der Waals surface area contributed by atoms with Gasteiger partial charge in [-0.25, -0.2) is 22.0 Å². The number of halogens is 5. The Kier molecular flexibility index (Phi) is 4.26. The number of carbonyl (C=O) groups is 1. The van der Waals surface area contributed by atoms with E-state index in [2.05, 4.69) is 0 Å². The number of nitrogens with zero attached hydrogens (tertiary/aromatic N) is 1. The van der Waals surface area contributed by atoms with Gasteiger partial charge < -0.3 is 10.0 Å². The zero-order valence-corrected chi connectivity index (χ0v) is 11.9. The van der Waals surface area contributed by atoms with Crippen LogP contribution in [0.15, 0.2) is 18.2 Å². The lowest BCUT2D eigenvalue weighted by atomic mass is 10.00. The van der Waals surface area contributed by atoms with Gasteiger partial charge in [0.1, 0.15) is 11.3 Å². The molecule has 2 aromatic rings. The molecule has 0 aliphatic heterocycles. The van der Waals surface area contributed by atoms with E-state index >= 15 is 0 Å². The molecule has 0 unspecified atom stereocenters. The third-order valence-electron chi connectivity index (χ3n) is 3.18. The van der Waals surface area contributed by atoms with Crippen LogP contribution in [0.1, 0.15) is 15.9 Å².